The van der Waals surface area contributed by atoms with Crippen LogP contribution in [0.5, 0.6) is 5.75 Å². The quantitative estimate of drug-likeness (QED) is 0.762. The normalized spacial score (nSPS) is 12.4. The van der Waals surface area contributed by atoms with E-state index in [0.29, 0.717) is 0 Å². The summed E-state index contributed by atoms with van der Waals surface area (Å²) in [5.41, 5.74) is 6.99. The van der Waals surface area contributed by atoms with Gasteiger partial charge in [0.05, 0.1) is 12.1 Å². The molecule has 124 valence electrons. The first kappa shape index (κ1) is 17.7. The van der Waals surface area contributed by atoms with Crippen molar-refractivity contribution in [2.24, 2.45) is 5.73 Å². The van der Waals surface area contributed by atoms with Crippen molar-refractivity contribution in [3.8, 4) is 5.75 Å². The first-order chi connectivity index (χ1) is 10.8. The predicted molar refractivity (Wildman–Crippen MR) is 87.1 cm³/mol. The third kappa shape index (κ3) is 5.18. The van der Waals surface area contributed by atoms with Crippen LogP contribution in [0.1, 0.15) is 28.3 Å². The van der Waals surface area contributed by atoms with Crippen LogP contribution in [0.2, 0.25) is 0 Å². The minimum absolute atomic E-state index is 0.0857. The van der Waals surface area contributed by atoms with Crippen molar-refractivity contribution in [3.63, 3.8) is 0 Å². The van der Waals surface area contributed by atoms with Gasteiger partial charge in [-0.2, -0.15) is 8.78 Å². The monoisotopic (exact) mass is 358 g/mol. The van der Waals surface area contributed by atoms with Crippen LogP contribution in [-0.4, -0.2) is 17.5 Å². The number of hydrogen-bond donors (Lipinski definition) is 1. The smallest absolute Gasteiger partial charge is 0.387 e. The van der Waals surface area contributed by atoms with Crippen LogP contribution in [-0.2, 0) is 11.2 Å². The number of nitrogens with two attached hydrogens (primary N) is 1. The Balaban J connectivity index is 2.03. The molecule has 0 bridgehead atoms. The van der Waals surface area contributed by atoms with Crippen LogP contribution in [0.25, 0.3) is 0 Å². The number of halogens is 2. The molecule has 0 aliphatic heterocycles. The van der Waals surface area contributed by atoms with Gasteiger partial charge in [0.15, 0.2) is 4.34 Å². The van der Waals surface area contributed by atoms with Crippen LogP contribution >= 0.6 is 23.1 Å². The van der Waals surface area contributed by atoms with Crippen molar-refractivity contribution >= 4 is 29.0 Å². The van der Waals surface area contributed by atoms with E-state index in [1.54, 1.807) is 23.9 Å². The Labute approximate surface area is 141 Å². The molecule has 23 heavy (non-hydrogen) atoms. The Kier molecular flexibility index (Phi) is 5.95. The van der Waals surface area contributed by atoms with Crippen LogP contribution in [0.4, 0.5) is 8.78 Å². The van der Waals surface area contributed by atoms with Gasteiger partial charge >= 0.3 is 6.61 Å². The van der Waals surface area contributed by atoms with Crippen LogP contribution in [0.15, 0.2) is 28.6 Å². The van der Waals surface area contributed by atoms with Gasteiger partial charge in [-0.15, -0.1) is 11.3 Å². The SMILES string of the molecule is Cc1nc(SC(C)c2ccc(OC(F)F)cc2)sc1CC(N)=O. The molecule has 0 aliphatic rings. The number of nitrogens with zero attached hydrogens (tertiary/aromatic N) is 1. The number of benzene rings is 1. The molecule has 0 saturated heterocycles. The molecule has 1 unspecified atom stereocenters. The van der Waals surface area contributed by atoms with E-state index in [4.69, 9.17) is 5.73 Å². The molecule has 1 atom stereocenters. The molecule has 2 aromatic rings. The Morgan fingerprint density at radius 3 is 2.61 bits per heavy atom. The van der Waals surface area contributed by atoms with E-state index in [2.05, 4.69) is 9.72 Å². The van der Waals surface area contributed by atoms with Crippen molar-refractivity contribution in [2.45, 2.75) is 36.5 Å². The number of thioether (sulfide) groups is 1. The minimum Gasteiger partial charge on any atom is -0.435 e. The number of carbonyl (C=O) groups excluding carboxylic acids is 1. The zero-order chi connectivity index (χ0) is 17.0. The van der Waals surface area contributed by atoms with Crippen molar-refractivity contribution in [1.82, 2.24) is 4.98 Å². The summed E-state index contributed by atoms with van der Waals surface area (Å²) in [6.45, 7) is 1.02. The second-order valence-corrected chi connectivity index (χ2v) is 7.51. The lowest BCUT2D eigenvalue weighted by atomic mass is 10.2. The fraction of sp³-hybridized carbons (Fsp3) is 0.333. The largest absolute Gasteiger partial charge is 0.435 e. The lowest BCUT2D eigenvalue weighted by Gasteiger charge is -2.11. The molecule has 0 spiro atoms. The Bertz CT molecular complexity index is 675. The molecule has 2 N–H and O–H groups in total. The molecule has 1 heterocycles. The maximum absolute atomic E-state index is 12.1. The molecule has 1 aromatic heterocycles. The van der Waals surface area contributed by atoms with Crippen molar-refractivity contribution in [1.29, 1.82) is 0 Å². The van der Waals surface area contributed by atoms with E-state index < -0.39 is 6.61 Å². The molecule has 0 saturated carbocycles. The fourth-order valence-corrected chi connectivity index (χ4v) is 4.43. The molecule has 0 radical (unpaired) electrons. The summed E-state index contributed by atoms with van der Waals surface area (Å²) in [6.07, 6.45) is 0.193. The number of amides is 1. The van der Waals surface area contributed by atoms with Crippen molar-refractivity contribution in [3.05, 3.63) is 40.4 Å². The van der Waals surface area contributed by atoms with E-state index in [1.165, 1.54) is 23.5 Å². The summed E-state index contributed by atoms with van der Waals surface area (Å²) in [4.78, 5) is 16.3. The van der Waals surface area contributed by atoms with E-state index in [1.807, 2.05) is 13.8 Å². The number of ether oxygens (including phenoxy) is 1. The van der Waals surface area contributed by atoms with Gasteiger partial charge in [-0.05, 0) is 31.5 Å². The van der Waals surface area contributed by atoms with Gasteiger partial charge in [0.2, 0.25) is 5.91 Å². The van der Waals surface area contributed by atoms with Gasteiger partial charge in [0, 0.05) is 10.1 Å². The molecule has 0 aliphatic carbocycles. The fourth-order valence-electron chi connectivity index (χ4n) is 1.91. The van der Waals surface area contributed by atoms with Crippen molar-refractivity contribution in [2.75, 3.05) is 0 Å². The van der Waals surface area contributed by atoms with Gasteiger partial charge in [-0.3, -0.25) is 4.79 Å². The molecule has 2 rings (SSSR count). The molecular weight excluding hydrogens is 342 g/mol. The van der Waals surface area contributed by atoms with E-state index in [-0.39, 0.29) is 23.3 Å². The highest BCUT2D eigenvalue weighted by Crippen LogP contribution is 2.38. The van der Waals surface area contributed by atoms with Gasteiger partial charge in [-0.25, -0.2) is 4.98 Å². The molecule has 8 heteroatoms. The van der Waals surface area contributed by atoms with Gasteiger partial charge in [0.25, 0.3) is 0 Å². The summed E-state index contributed by atoms with van der Waals surface area (Å²) in [5, 5.41) is 0.0857. The van der Waals surface area contributed by atoms with Crippen LogP contribution in [0.3, 0.4) is 0 Å². The molecule has 0 fully saturated rings. The maximum atomic E-state index is 12.1. The Morgan fingerprint density at radius 1 is 1.39 bits per heavy atom. The summed E-state index contributed by atoms with van der Waals surface area (Å²) in [6, 6.07) is 6.54. The first-order valence-electron chi connectivity index (χ1n) is 6.81. The van der Waals surface area contributed by atoms with E-state index in [9.17, 15) is 13.6 Å². The average Bonchev–Trinajstić information content (AvgIpc) is 2.78. The molecule has 1 aromatic carbocycles. The second-order valence-electron chi connectivity index (χ2n) is 4.84. The summed E-state index contributed by atoms with van der Waals surface area (Å²) >= 11 is 2.99. The third-order valence-electron chi connectivity index (χ3n) is 3.06. The number of rotatable bonds is 7. The number of alkyl halides is 2. The van der Waals surface area contributed by atoms with Crippen molar-refractivity contribution < 1.29 is 18.3 Å². The van der Waals surface area contributed by atoms with E-state index >= 15 is 0 Å². The number of hydrogen-bond acceptors (Lipinski definition) is 5. The Morgan fingerprint density at radius 2 is 2.04 bits per heavy atom. The van der Waals surface area contributed by atoms with Crippen LogP contribution < -0.4 is 10.5 Å². The number of carbonyl (C=O) groups is 1. The van der Waals surface area contributed by atoms with E-state index in [0.717, 1.165) is 20.5 Å². The van der Waals surface area contributed by atoms with Crippen LogP contribution in [0, 0.1) is 6.92 Å². The maximum Gasteiger partial charge on any atom is 0.387 e. The third-order valence-corrected chi connectivity index (χ3v) is 5.47. The Hall–Kier alpha value is -1.67. The standard InChI is InChI=1S/C15H16F2N2O2S2/c1-8-12(7-13(18)20)23-15(19-8)22-9(2)10-3-5-11(6-4-10)21-14(16)17/h3-6,9,14H,7H2,1-2H3,(H2,18,20). The number of primary amides is 1. The average molecular weight is 358 g/mol. The number of aromatic nitrogens is 1. The topological polar surface area (TPSA) is 65.2 Å². The molecular formula is C15H16F2N2O2S2. The summed E-state index contributed by atoms with van der Waals surface area (Å²) < 4.78 is 29.4. The summed E-state index contributed by atoms with van der Waals surface area (Å²) in [7, 11) is 0. The second kappa shape index (κ2) is 7.74. The van der Waals surface area contributed by atoms with Gasteiger partial charge in [0.1, 0.15) is 5.75 Å². The number of aryl methyl sites for hydroxylation is 1. The number of thiazole rings is 1. The summed E-state index contributed by atoms with van der Waals surface area (Å²) in [5.74, 6) is -0.245. The zero-order valence-corrected chi connectivity index (χ0v) is 14.2. The molecule has 4 nitrogen and oxygen atoms in total. The highest BCUT2D eigenvalue weighted by Gasteiger charge is 2.15. The first-order valence-corrected chi connectivity index (χ1v) is 8.50. The predicted octanol–water partition coefficient (Wildman–Crippen LogP) is 3.93. The highest BCUT2D eigenvalue weighted by atomic mass is 32.2. The lowest BCUT2D eigenvalue weighted by Crippen LogP contribution is -2.13. The lowest BCUT2D eigenvalue weighted by molar-refractivity contribution is -0.117. The van der Waals surface area contributed by atoms with Gasteiger partial charge < -0.3 is 10.5 Å². The minimum atomic E-state index is -2.82. The molecule has 1 amide bonds. The van der Waals surface area contributed by atoms with Gasteiger partial charge in [-0.1, -0.05) is 23.9 Å². The zero-order valence-electron chi connectivity index (χ0n) is 12.6. The highest BCUT2D eigenvalue weighted by molar-refractivity contribution is 8.01.